The van der Waals surface area contributed by atoms with Gasteiger partial charge in [-0.25, -0.2) is 5.06 Å². The van der Waals surface area contributed by atoms with Gasteiger partial charge < -0.3 is 9.83 Å². The van der Waals surface area contributed by atoms with Crippen molar-refractivity contribution in [3.8, 4) is 0 Å². The van der Waals surface area contributed by atoms with Crippen LogP contribution in [0.25, 0.3) is 0 Å². The fourth-order valence-electron chi connectivity index (χ4n) is 1.80. The van der Waals surface area contributed by atoms with Gasteiger partial charge in [-0.15, -0.1) is 0 Å². The van der Waals surface area contributed by atoms with Gasteiger partial charge >= 0.3 is 7.05 Å². The van der Waals surface area contributed by atoms with E-state index >= 15 is 0 Å². The Balaban J connectivity index is 2.66. The van der Waals surface area contributed by atoms with Crippen molar-refractivity contribution in [3.05, 3.63) is 0 Å². The molecule has 0 spiro atoms. The molecule has 1 unspecified atom stereocenters. The molecule has 1 atom stereocenters. The highest BCUT2D eigenvalue weighted by Crippen LogP contribution is 2.10. The Hall–Kier alpha value is -0.625. The number of hydrogen-bond donors (Lipinski definition) is 1. The summed E-state index contributed by atoms with van der Waals surface area (Å²) in [4.78, 5) is 20.7. The highest BCUT2D eigenvalue weighted by molar-refractivity contribution is 6.45. The van der Waals surface area contributed by atoms with Crippen molar-refractivity contribution in [3.63, 3.8) is 0 Å². The second kappa shape index (κ2) is 5.63. The predicted molar refractivity (Wildman–Crippen MR) is 61.6 cm³/mol. The number of amides is 1. The van der Waals surface area contributed by atoms with Gasteiger partial charge in [0, 0.05) is 26.7 Å². The van der Waals surface area contributed by atoms with Gasteiger partial charge in [0.2, 0.25) is 0 Å². The van der Waals surface area contributed by atoms with Crippen LogP contribution in [0.2, 0.25) is 6.82 Å². The van der Waals surface area contributed by atoms with Gasteiger partial charge in [-0.3, -0.25) is 14.5 Å². The first-order chi connectivity index (χ1) is 7.47. The maximum absolute atomic E-state index is 12.0. The molecule has 1 aliphatic rings. The van der Waals surface area contributed by atoms with E-state index in [1.54, 1.807) is 13.9 Å². The van der Waals surface area contributed by atoms with E-state index in [2.05, 4.69) is 0 Å². The molecule has 0 aromatic carbocycles. The SMILES string of the molecule is CON(C)C(=O)C1CN(B(C)O)CCN1C. The molecule has 0 aromatic heterocycles. The fourth-order valence-corrected chi connectivity index (χ4v) is 1.80. The lowest BCUT2D eigenvalue weighted by molar-refractivity contribution is -0.175. The monoisotopic (exact) mass is 229 g/mol. The summed E-state index contributed by atoms with van der Waals surface area (Å²) in [7, 11) is 4.45. The van der Waals surface area contributed by atoms with Gasteiger partial charge in [0.25, 0.3) is 5.91 Å². The summed E-state index contributed by atoms with van der Waals surface area (Å²) < 4.78 is 0. The third-order valence-electron chi connectivity index (χ3n) is 3.08. The molecule has 92 valence electrons. The summed E-state index contributed by atoms with van der Waals surface area (Å²) in [6.45, 7) is 3.78. The van der Waals surface area contributed by atoms with Crippen LogP contribution < -0.4 is 0 Å². The third-order valence-corrected chi connectivity index (χ3v) is 3.08. The standard InChI is InChI=1S/C9H20BN3O3/c1-10(15)13-6-5-11(2)8(7-13)9(14)12(3)16-4/h8,15H,5-7H2,1-4H3. The van der Waals surface area contributed by atoms with Gasteiger partial charge in [-0.1, -0.05) is 0 Å². The maximum Gasteiger partial charge on any atom is 0.376 e. The first-order valence-electron chi connectivity index (χ1n) is 5.41. The fraction of sp³-hybridized carbons (Fsp3) is 0.889. The van der Waals surface area contributed by atoms with Crippen molar-refractivity contribution in [2.24, 2.45) is 0 Å². The molecule has 1 heterocycles. The largest absolute Gasteiger partial charge is 0.437 e. The van der Waals surface area contributed by atoms with Crippen molar-refractivity contribution in [2.45, 2.75) is 12.9 Å². The normalized spacial score (nSPS) is 23.2. The van der Waals surface area contributed by atoms with E-state index in [-0.39, 0.29) is 11.9 Å². The number of carbonyl (C=O) groups excluding carboxylic acids is 1. The Kier molecular flexibility index (Phi) is 4.73. The molecule has 0 bridgehead atoms. The smallest absolute Gasteiger partial charge is 0.376 e. The maximum atomic E-state index is 12.0. The first kappa shape index (κ1) is 13.4. The summed E-state index contributed by atoms with van der Waals surface area (Å²) in [6, 6.07) is -0.256. The minimum absolute atomic E-state index is 0.0876. The highest BCUT2D eigenvalue weighted by Gasteiger charge is 2.34. The number of hydroxylamine groups is 2. The molecule has 1 N–H and O–H groups in total. The molecule has 0 radical (unpaired) electrons. The zero-order valence-corrected chi connectivity index (χ0v) is 10.4. The average Bonchev–Trinajstić information content (AvgIpc) is 2.27. The van der Waals surface area contributed by atoms with Crippen LogP contribution in [0.3, 0.4) is 0 Å². The molecule has 1 amide bonds. The van der Waals surface area contributed by atoms with Crippen LogP contribution in [0.5, 0.6) is 0 Å². The van der Waals surface area contributed by atoms with Crippen LogP contribution >= 0.6 is 0 Å². The molecule has 0 aliphatic carbocycles. The van der Waals surface area contributed by atoms with Crippen molar-refractivity contribution >= 4 is 13.0 Å². The Morgan fingerprint density at radius 2 is 2.19 bits per heavy atom. The number of rotatable bonds is 3. The molecular formula is C9H20BN3O3. The molecule has 1 rings (SSSR count). The van der Waals surface area contributed by atoms with Crippen molar-refractivity contribution in [2.75, 3.05) is 40.8 Å². The Labute approximate surface area is 96.8 Å². The Morgan fingerprint density at radius 3 is 2.69 bits per heavy atom. The second-order valence-corrected chi connectivity index (χ2v) is 4.14. The van der Waals surface area contributed by atoms with Crippen LogP contribution in [0, 0.1) is 0 Å². The molecule has 6 nitrogen and oxygen atoms in total. The molecule has 1 saturated heterocycles. The Bertz CT molecular complexity index is 252. The zero-order chi connectivity index (χ0) is 12.3. The average molecular weight is 229 g/mol. The van der Waals surface area contributed by atoms with Crippen LogP contribution in [-0.2, 0) is 9.63 Å². The number of likely N-dealkylation sites (N-methyl/N-ethyl adjacent to an activating group) is 2. The number of piperazine rings is 1. The first-order valence-corrected chi connectivity index (χ1v) is 5.41. The van der Waals surface area contributed by atoms with E-state index in [0.717, 1.165) is 13.1 Å². The molecular weight excluding hydrogens is 209 g/mol. The lowest BCUT2D eigenvalue weighted by atomic mass is 9.83. The summed E-state index contributed by atoms with van der Waals surface area (Å²) in [6.07, 6.45) is 0. The molecule has 16 heavy (non-hydrogen) atoms. The summed E-state index contributed by atoms with van der Waals surface area (Å²) >= 11 is 0. The number of carbonyl (C=O) groups is 1. The van der Waals surface area contributed by atoms with Crippen LogP contribution in [0.15, 0.2) is 0 Å². The van der Waals surface area contributed by atoms with Gasteiger partial charge in [-0.05, 0) is 13.9 Å². The van der Waals surface area contributed by atoms with Crippen molar-refractivity contribution in [1.29, 1.82) is 0 Å². The number of hydrogen-bond acceptors (Lipinski definition) is 5. The molecule has 1 aliphatic heterocycles. The predicted octanol–water partition coefficient (Wildman–Crippen LogP) is -1.27. The van der Waals surface area contributed by atoms with Gasteiger partial charge in [0.1, 0.15) is 6.04 Å². The zero-order valence-electron chi connectivity index (χ0n) is 10.4. The lowest BCUT2D eigenvalue weighted by Gasteiger charge is -2.39. The molecule has 0 aromatic rings. The topological polar surface area (TPSA) is 56.3 Å². The van der Waals surface area contributed by atoms with Crippen molar-refractivity contribution < 1.29 is 14.7 Å². The minimum atomic E-state index is -0.517. The second-order valence-electron chi connectivity index (χ2n) is 4.14. The van der Waals surface area contributed by atoms with E-state index in [4.69, 9.17) is 4.84 Å². The minimum Gasteiger partial charge on any atom is -0.437 e. The Morgan fingerprint density at radius 1 is 1.56 bits per heavy atom. The van der Waals surface area contributed by atoms with Gasteiger partial charge in [-0.2, -0.15) is 0 Å². The van der Waals surface area contributed by atoms with Gasteiger partial charge in [0.15, 0.2) is 0 Å². The van der Waals surface area contributed by atoms with E-state index < -0.39 is 7.05 Å². The van der Waals surface area contributed by atoms with Crippen LogP contribution in [-0.4, -0.2) is 79.6 Å². The van der Waals surface area contributed by atoms with E-state index in [9.17, 15) is 9.82 Å². The lowest BCUT2D eigenvalue weighted by Crippen LogP contribution is -2.60. The van der Waals surface area contributed by atoms with Gasteiger partial charge in [0.05, 0.1) is 7.11 Å². The molecule has 0 saturated carbocycles. The quantitative estimate of drug-likeness (QED) is 0.483. The highest BCUT2D eigenvalue weighted by atomic mass is 16.7. The number of nitrogens with zero attached hydrogens (tertiary/aromatic N) is 3. The molecule has 1 fully saturated rings. The summed E-state index contributed by atoms with van der Waals surface area (Å²) in [5.74, 6) is -0.0876. The van der Waals surface area contributed by atoms with Crippen LogP contribution in [0.1, 0.15) is 0 Å². The van der Waals surface area contributed by atoms with E-state index in [1.165, 1.54) is 12.2 Å². The molecule has 7 heteroatoms. The van der Waals surface area contributed by atoms with Crippen LogP contribution in [0.4, 0.5) is 0 Å². The van der Waals surface area contributed by atoms with E-state index in [1.807, 2.05) is 16.8 Å². The summed E-state index contributed by atoms with van der Waals surface area (Å²) in [5.41, 5.74) is 0. The summed E-state index contributed by atoms with van der Waals surface area (Å²) in [5, 5.41) is 10.7. The van der Waals surface area contributed by atoms with E-state index in [0.29, 0.717) is 6.54 Å². The third kappa shape index (κ3) is 2.94. The van der Waals surface area contributed by atoms with Crippen molar-refractivity contribution in [1.82, 2.24) is 14.8 Å².